The first-order valence-corrected chi connectivity index (χ1v) is 20.4. The van der Waals surface area contributed by atoms with Gasteiger partial charge in [0, 0.05) is 88.0 Å². The number of carbonyl (C=O) groups excluding carboxylic acids is 4. The summed E-state index contributed by atoms with van der Waals surface area (Å²) < 4.78 is 12.4. The van der Waals surface area contributed by atoms with E-state index in [1.54, 1.807) is 18.5 Å². The van der Waals surface area contributed by atoms with Crippen LogP contribution in [0.2, 0.25) is 0 Å². The summed E-state index contributed by atoms with van der Waals surface area (Å²) in [7, 11) is 0. The van der Waals surface area contributed by atoms with E-state index in [0.29, 0.717) is 36.4 Å². The molecule has 1 unspecified atom stereocenters. The number of amides is 4. The van der Waals surface area contributed by atoms with Crippen LogP contribution in [0.1, 0.15) is 67.2 Å². The van der Waals surface area contributed by atoms with Crippen LogP contribution in [0.15, 0.2) is 48.8 Å². The minimum absolute atomic E-state index is 0.0588. The van der Waals surface area contributed by atoms with Crippen LogP contribution in [0.25, 0.3) is 22.3 Å². The lowest BCUT2D eigenvalue weighted by atomic mass is 10.0. The molecule has 4 aliphatic heterocycles. The highest BCUT2D eigenvalue weighted by Crippen LogP contribution is 2.41. The van der Waals surface area contributed by atoms with Crippen molar-refractivity contribution in [3.05, 3.63) is 59.9 Å². The van der Waals surface area contributed by atoms with Gasteiger partial charge in [-0.3, -0.25) is 44.3 Å². The zero-order valence-electron chi connectivity index (χ0n) is 33.3. The number of anilines is 2. The van der Waals surface area contributed by atoms with E-state index in [1.165, 1.54) is 0 Å². The number of nitrogens with zero attached hydrogens (tertiary/aromatic N) is 8. The lowest BCUT2D eigenvalue weighted by molar-refractivity contribution is -0.136. The second kappa shape index (κ2) is 15.4. The number of ether oxygens (including phenoxy) is 2. The molecule has 304 valence electrons. The van der Waals surface area contributed by atoms with E-state index in [0.717, 1.165) is 110 Å². The van der Waals surface area contributed by atoms with Gasteiger partial charge in [0.05, 0.1) is 35.6 Å². The number of carbonyl (C=O) groups is 4. The van der Waals surface area contributed by atoms with Crippen molar-refractivity contribution in [2.24, 2.45) is 0 Å². The third-order valence-electron chi connectivity index (χ3n) is 12.4. The maximum Gasteiger partial charge on any atom is 0.262 e. The van der Waals surface area contributed by atoms with Crippen molar-refractivity contribution >= 4 is 46.0 Å². The molecule has 0 spiro atoms. The molecule has 1 aliphatic carbocycles. The van der Waals surface area contributed by atoms with Crippen LogP contribution in [0.4, 0.5) is 11.5 Å². The predicted molar refractivity (Wildman–Crippen MR) is 216 cm³/mol. The number of rotatable bonds is 12. The van der Waals surface area contributed by atoms with Gasteiger partial charge in [-0.2, -0.15) is 5.10 Å². The summed E-state index contributed by atoms with van der Waals surface area (Å²) in [5.41, 5.74) is 3.93. The molecule has 6 heterocycles. The van der Waals surface area contributed by atoms with Gasteiger partial charge in [0.25, 0.3) is 11.8 Å². The van der Waals surface area contributed by atoms with E-state index >= 15 is 0 Å². The molecule has 4 amide bonds. The number of fused-ring (bicyclic) bond motifs is 2. The quantitative estimate of drug-likeness (QED) is 0.159. The van der Waals surface area contributed by atoms with Gasteiger partial charge in [-0.15, -0.1) is 0 Å². The number of nitrogens with one attached hydrogen (secondary N) is 2. The highest BCUT2D eigenvalue weighted by molar-refractivity contribution is 6.23. The van der Waals surface area contributed by atoms with Crippen molar-refractivity contribution in [1.29, 1.82) is 0 Å². The van der Waals surface area contributed by atoms with E-state index in [-0.39, 0.29) is 24.3 Å². The lowest BCUT2D eigenvalue weighted by Crippen LogP contribution is -2.57. The van der Waals surface area contributed by atoms with E-state index in [1.807, 2.05) is 24.3 Å². The summed E-state index contributed by atoms with van der Waals surface area (Å²) in [6, 6.07) is 13.0. The number of H-pyrrole nitrogens is 1. The number of benzene rings is 2. The summed E-state index contributed by atoms with van der Waals surface area (Å²) in [4.78, 5) is 70.2. The Balaban J connectivity index is 0.723. The summed E-state index contributed by atoms with van der Waals surface area (Å²) in [6.07, 6.45) is 4.01. The Morgan fingerprint density at radius 1 is 0.845 bits per heavy atom. The molecule has 2 N–H and O–H groups in total. The standard InChI is InChI=1S/C42H50N10O6/c1-26-23-50(36-22-34(43-25-44-36)38-32-21-29(58-42(3)10-11-42)5-7-33(32)46-47-38)24-27(2)51(26)17-19-57-18-16-48-12-14-49(15-13-48)28-4-6-30-31(20-28)41(56)52(40(30)55)35-8-9-37(53)45-39(35)54/h4-7,20-22,25-27,35H,8-19,23-24H2,1-3H3,(H,46,47)(H,45,53,54)/t26-,27+,35?. The highest BCUT2D eigenvalue weighted by atomic mass is 16.5. The maximum absolute atomic E-state index is 13.3. The Bertz CT molecular complexity index is 2240. The number of piperidine rings is 1. The van der Waals surface area contributed by atoms with Gasteiger partial charge in [0.1, 0.15) is 35.2 Å². The first-order valence-electron chi connectivity index (χ1n) is 20.4. The zero-order valence-corrected chi connectivity index (χ0v) is 33.3. The van der Waals surface area contributed by atoms with Crippen LogP contribution < -0.4 is 19.9 Å². The molecular weight excluding hydrogens is 741 g/mol. The second-order valence-corrected chi connectivity index (χ2v) is 16.6. The molecule has 58 heavy (non-hydrogen) atoms. The number of aromatic nitrogens is 4. The predicted octanol–water partition coefficient (Wildman–Crippen LogP) is 3.09. The number of piperazine rings is 2. The Hall–Kier alpha value is -5.45. The van der Waals surface area contributed by atoms with E-state index in [9.17, 15) is 19.2 Å². The molecule has 2 aromatic heterocycles. The Morgan fingerprint density at radius 3 is 2.36 bits per heavy atom. The SMILES string of the molecule is C[C@@H]1CN(c2cc(-c3n[nH]c4ccc(OC5(C)CC5)cc34)ncn2)C[C@H](C)N1CCOCCN1CCN(c2ccc3c(c2)C(=O)N(C2CCC(=O)NC2=O)C3=O)CC1. The molecular formula is C42H50N10O6. The summed E-state index contributed by atoms with van der Waals surface area (Å²) in [6.45, 7) is 14.6. The average molecular weight is 791 g/mol. The van der Waals surface area contributed by atoms with Gasteiger partial charge in [-0.25, -0.2) is 9.97 Å². The lowest BCUT2D eigenvalue weighted by Gasteiger charge is -2.45. The Morgan fingerprint density at radius 2 is 1.60 bits per heavy atom. The van der Waals surface area contributed by atoms with Crippen LogP contribution >= 0.6 is 0 Å². The van der Waals surface area contributed by atoms with Crippen molar-refractivity contribution in [3.63, 3.8) is 0 Å². The van der Waals surface area contributed by atoms with Gasteiger partial charge in [0.15, 0.2) is 0 Å². The monoisotopic (exact) mass is 790 g/mol. The third-order valence-corrected chi connectivity index (χ3v) is 12.4. The van der Waals surface area contributed by atoms with E-state index in [4.69, 9.17) is 9.47 Å². The molecule has 1 saturated carbocycles. The van der Waals surface area contributed by atoms with Crippen molar-refractivity contribution in [2.75, 3.05) is 75.4 Å². The highest BCUT2D eigenvalue weighted by Gasteiger charge is 2.45. The van der Waals surface area contributed by atoms with Gasteiger partial charge >= 0.3 is 0 Å². The van der Waals surface area contributed by atoms with Crippen LogP contribution in [-0.4, -0.2) is 148 Å². The van der Waals surface area contributed by atoms with Crippen molar-refractivity contribution in [1.82, 2.24) is 40.2 Å². The van der Waals surface area contributed by atoms with Crippen LogP contribution in [0.5, 0.6) is 5.75 Å². The van der Waals surface area contributed by atoms with Gasteiger partial charge in [-0.05, 0) is 76.4 Å². The molecule has 4 fully saturated rings. The zero-order chi connectivity index (χ0) is 40.1. The molecule has 4 aromatic rings. The minimum Gasteiger partial charge on any atom is -0.488 e. The Labute approximate surface area is 336 Å². The van der Waals surface area contributed by atoms with Crippen molar-refractivity contribution < 1.29 is 28.7 Å². The second-order valence-electron chi connectivity index (χ2n) is 16.6. The first kappa shape index (κ1) is 38.1. The molecule has 0 radical (unpaired) electrons. The van der Waals surface area contributed by atoms with Crippen LogP contribution in [0.3, 0.4) is 0 Å². The van der Waals surface area contributed by atoms with Crippen molar-refractivity contribution in [3.8, 4) is 17.1 Å². The molecule has 16 heteroatoms. The molecule has 5 aliphatic rings. The van der Waals surface area contributed by atoms with Gasteiger partial charge in [-0.1, -0.05) is 0 Å². The van der Waals surface area contributed by atoms with Crippen LogP contribution in [0, 0.1) is 0 Å². The Kier molecular flexibility index (Phi) is 10.1. The number of hydrogen-bond donors (Lipinski definition) is 2. The molecule has 2 aromatic carbocycles. The molecule has 9 rings (SSSR count). The normalized spacial score (nSPS) is 23.8. The topological polar surface area (TPSA) is 169 Å². The maximum atomic E-state index is 13.3. The number of hydrogen-bond acceptors (Lipinski definition) is 13. The van der Waals surface area contributed by atoms with E-state index < -0.39 is 23.8 Å². The minimum atomic E-state index is -0.970. The molecule has 3 saturated heterocycles. The third kappa shape index (κ3) is 7.51. The number of aromatic amines is 1. The largest absolute Gasteiger partial charge is 0.488 e. The molecule has 3 atom stereocenters. The fraction of sp³-hybridized carbons (Fsp3) is 0.500. The molecule has 0 bridgehead atoms. The van der Waals surface area contributed by atoms with Crippen molar-refractivity contribution in [2.45, 2.75) is 70.2 Å². The van der Waals surface area contributed by atoms with Gasteiger partial charge in [0.2, 0.25) is 11.8 Å². The summed E-state index contributed by atoms with van der Waals surface area (Å²) in [5.74, 6) is -0.226. The summed E-state index contributed by atoms with van der Waals surface area (Å²) in [5, 5.41) is 11.0. The smallest absolute Gasteiger partial charge is 0.262 e. The van der Waals surface area contributed by atoms with Gasteiger partial charge < -0.3 is 19.3 Å². The number of imide groups is 2. The van der Waals surface area contributed by atoms with E-state index in [2.05, 4.69) is 71.9 Å². The molecule has 16 nitrogen and oxygen atoms in total. The average Bonchev–Trinajstić information content (AvgIpc) is 3.70. The fourth-order valence-electron chi connectivity index (χ4n) is 8.80. The fourth-order valence-corrected chi connectivity index (χ4v) is 8.80. The summed E-state index contributed by atoms with van der Waals surface area (Å²) >= 11 is 0. The van der Waals surface area contributed by atoms with Crippen LogP contribution in [-0.2, 0) is 14.3 Å². The first-order chi connectivity index (χ1) is 28.0.